The van der Waals surface area contributed by atoms with Gasteiger partial charge in [0.25, 0.3) is 5.90 Å². The molecular weight excluding hydrogens is 270 g/mol. The van der Waals surface area contributed by atoms with E-state index in [1.165, 1.54) is 0 Å². The molecule has 21 heavy (non-hydrogen) atoms. The van der Waals surface area contributed by atoms with E-state index < -0.39 is 0 Å². The van der Waals surface area contributed by atoms with Crippen molar-refractivity contribution in [3.05, 3.63) is 30.0 Å². The number of nitrogens with zero attached hydrogens (tertiary/aromatic N) is 1. The van der Waals surface area contributed by atoms with Gasteiger partial charge in [-0.2, -0.15) is 0 Å². The molecule has 3 heterocycles. The highest BCUT2D eigenvalue weighted by atomic mass is 16.6. The Balaban J connectivity index is 1.67. The van der Waals surface area contributed by atoms with Gasteiger partial charge in [-0.25, -0.2) is 4.99 Å². The Kier molecular flexibility index (Phi) is 2.72. The minimum absolute atomic E-state index is 0.197. The second-order valence-electron chi connectivity index (χ2n) is 6.06. The van der Waals surface area contributed by atoms with Gasteiger partial charge in [0, 0.05) is 6.07 Å². The summed E-state index contributed by atoms with van der Waals surface area (Å²) in [5.41, 5.74) is 0.576. The van der Waals surface area contributed by atoms with Crippen LogP contribution in [0.25, 0.3) is 11.0 Å². The predicted molar refractivity (Wildman–Crippen MR) is 78.0 cm³/mol. The molecule has 2 aliphatic heterocycles. The molecule has 0 spiro atoms. The molecule has 0 aliphatic carbocycles. The first-order chi connectivity index (χ1) is 10.1. The van der Waals surface area contributed by atoms with Crippen LogP contribution in [0.1, 0.15) is 19.6 Å². The summed E-state index contributed by atoms with van der Waals surface area (Å²) in [6, 6.07) is 7.70. The maximum Gasteiger partial charge on any atom is 0.253 e. The second-order valence-corrected chi connectivity index (χ2v) is 6.06. The third kappa shape index (κ3) is 2.49. The molecule has 5 nitrogen and oxygen atoms in total. The number of benzene rings is 1. The van der Waals surface area contributed by atoms with E-state index >= 15 is 0 Å². The summed E-state index contributed by atoms with van der Waals surface area (Å²) in [5.74, 6) is 2.01. The van der Waals surface area contributed by atoms with Gasteiger partial charge in [-0.3, -0.25) is 0 Å². The van der Waals surface area contributed by atoms with Gasteiger partial charge in [0.2, 0.25) is 0 Å². The lowest BCUT2D eigenvalue weighted by Gasteiger charge is -2.07. The van der Waals surface area contributed by atoms with Gasteiger partial charge in [-0.05, 0) is 26.0 Å². The average Bonchev–Trinajstić information content (AvgIpc) is 3.05. The summed E-state index contributed by atoms with van der Waals surface area (Å²) >= 11 is 0. The molecule has 4 rings (SSSR count). The number of furan rings is 1. The van der Waals surface area contributed by atoms with Crippen molar-refractivity contribution in [3.63, 3.8) is 0 Å². The fourth-order valence-corrected chi connectivity index (χ4v) is 2.32. The van der Waals surface area contributed by atoms with Crippen LogP contribution in [0.2, 0.25) is 0 Å². The van der Waals surface area contributed by atoms with Crippen LogP contribution >= 0.6 is 0 Å². The van der Waals surface area contributed by atoms with E-state index in [4.69, 9.17) is 18.6 Å². The van der Waals surface area contributed by atoms with Crippen molar-refractivity contribution in [2.24, 2.45) is 4.99 Å². The van der Waals surface area contributed by atoms with E-state index in [-0.39, 0.29) is 11.6 Å². The third-order valence-electron chi connectivity index (χ3n) is 3.53. The van der Waals surface area contributed by atoms with Crippen molar-refractivity contribution < 1.29 is 18.6 Å². The Bertz CT molecular complexity index is 712. The largest absolute Gasteiger partial charge is 0.490 e. The normalized spacial score (nSPS) is 23.0. The van der Waals surface area contributed by atoms with Crippen LogP contribution < -0.4 is 4.74 Å². The topological polar surface area (TPSA) is 56.5 Å². The predicted octanol–water partition coefficient (Wildman–Crippen LogP) is 2.77. The molecule has 2 aliphatic rings. The van der Waals surface area contributed by atoms with Crippen LogP contribution in [0, 0.1) is 0 Å². The van der Waals surface area contributed by atoms with Crippen LogP contribution in [0.4, 0.5) is 0 Å². The fourth-order valence-electron chi connectivity index (χ4n) is 2.32. The van der Waals surface area contributed by atoms with Crippen molar-refractivity contribution in [1.82, 2.24) is 0 Å². The molecule has 1 atom stereocenters. The minimum Gasteiger partial charge on any atom is -0.490 e. The van der Waals surface area contributed by atoms with Gasteiger partial charge in [0.05, 0.1) is 17.5 Å². The van der Waals surface area contributed by atoms with E-state index in [0.717, 1.165) is 23.3 Å². The lowest BCUT2D eigenvalue weighted by atomic mass is 10.1. The van der Waals surface area contributed by atoms with E-state index in [1.807, 2.05) is 38.1 Å². The number of rotatable bonds is 4. The quantitative estimate of drug-likeness (QED) is 0.811. The summed E-state index contributed by atoms with van der Waals surface area (Å²) in [5, 5.41) is 0.934. The number of hydrogen-bond acceptors (Lipinski definition) is 5. The summed E-state index contributed by atoms with van der Waals surface area (Å²) in [7, 11) is 0. The van der Waals surface area contributed by atoms with Crippen LogP contribution in [0.15, 0.2) is 33.7 Å². The third-order valence-corrected chi connectivity index (χ3v) is 3.53. The molecule has 2 aromatic rings. The van der Waals surface area contributed by atoms with Crippen molar-refractivity contribution in [3.8, 4) is 5.75 Å². The molecule has 110 valence electrons. The molecule has 0 bridgehead atoms. The summed E-state index contributed by atoms with van der Waals surface area (Å²) < 4.78 is 22.4. The number of fused-ring (bicyclic) bond motifs is 1. The van der Waals surface area contributed by atoms with Crippen LogP contribution in [0.5, 0.6) is 5.75 Å². The first-order valence-corrected chi connectivity index (χ1v) is 7.11. The smallest absolute Gasteiger partial charge is 0.253 e. The highest BCUT2D eigenvalue weighted by Crippen LogP contribution is 2.31. The maximum atomic E-state index is 5.84. The first kappa shape index (κ1) is 12.7. The number of ether oxygens (including phenoxy) is 3. The van der Waals surface area contributed by atoms with Crippen molar-refractivity contribution >= 4 is 16.9 Å². The van der Waals surface area contributed by atoms with Gasteiger partial charge >= 0.3 is 0 Å². The number of hydrogen-bond donors (Lipinski definition) is 0. The SMILES string of the molecule is CC1(C)COC(c2cc3c(OC[C@@H]4CO4)cccc3o2)=N1. The van der Waals surface area contributed by atoms with Crippen molar-refractivity contribution in [2.75, 3.05) is 19.8 Å². The van der Waals surface area contributed by atoms with Gasteiger partial charge < -0.3 is 18.6 Å². The van der Waals surface area contributed by atoms with E-state index in [2.05, 4.69) is 4.99 Å². The Morgan fingerprint density at radius 1 is 1.38 bits per heavy atom. The number of aliphatic imine (C=N–C) groups is 1. The zero-order chi connectivity index (χ0) is 14.4. The van der Waals surface area contributed by atoms with Gasteiger partial charge in [0.1, 0.15) is 30.7 Å². The Hall–Kier alpha value is -2.01. The van der Waals surface area contributed by atoms with Gasteiger partial charge in [0.15, 0.2) is 5.76 Å². The standard InChI is InChI=1S/C16H17NO4/c1-16(2)9-20-15(17-16)14-6-11-12(19-8-10-7-18-10)4-3-5-13(11)21-14/h3-6,10H,7-9H2,1-2H3/t10-/m0/s1. The van der Waals surface area contributed by atoms with Crippen LogP contribution in [-0.4, -0.2) is 37.4 Å². The molecule has 0 radical (unpaired) electrons. The molecule has 0 N–H and O–H groups in total. The lowest BCUT2D eigenvalue weighted by molar-refractivity contribution is 0.265. The minimum atomic E-state index is -0.197. The summed E-state index contributed by atoms with van der Waals surface area (Å²) in [6.45, 7) is 6.00. The highest BCUT2D eigenvalue weighted by molar-refractivity contribution is 5.98. The number of epoxide rings is 1. The summed E-state index contributed by atoms with van der Waals surface area (Å²) in [4.78, 5) is 4.54. The molecule has 0 unspecified atom stereocenters. The zero-order valence-electron chi connectivity index (χ0n) is 12.1. The fraction of sp³-hybridized carbons (Fsp3) is 0.438. The van der Waals surface area contributed by atoms with E-state index in [9.17, 15) is 0 Å². The van der Waals surface area contributed by atoms with E-state index in [1.54, 1.807) is 0 Å². The molecule has 1 fully saturated rings. The Morgan fingerprint density at radius 2 is 2.24 bits per heavy atom. The molecule has 5 heteroatoms. The van der Waals surface area contributed by atoms with Crippen molar-refractivity contribution in [2.45, 2.75) is 25.5 Å². The van der Waals surface area contributed by atoms with Crippen LogP contribution in [0.3, 0.4) is 0 Å². The zero-order valence-corrected chi connectivity index (χ0v) is 12.1. The average molecular weight is 287 g/mol. The Labute approximate surface area is 122 Å². The van der Waals surface area contributed by atoms with Crippen LogP contribution in [-0.2, 0) is 9.47 Å². The van der Waals surface area contributed by atoms with Gasteiger partial charge in [-0.15, -0.1) is 0 Å². The van der Waals surface area contributed by atoms with E-state index in [0.29, 0.717) is 24.9 Å². The lowest BCUT2D eigenvalue weighted by Crippen LogP contribution is -2.17. The molecule has 0 saturated carbocycles. The monoisotopic (exact) mass is 287 g/mol. The summed E-state index contributed by atoms with van der Waals surface area (Å²) in [6.07, 6.45) is 0.231. The Morgan fingerprint density at radius 3 is 2.95 bits per heavy atom. The second kappa shape index (κ2) is 4.49. The molecule has 1 aromatic heterocycles. The molecule has 1 saturated heterocycles. The molecule has 0 amide bonds. The molecular formula is C16H17NO4. The first-order valence-electron chi connectivity index (χ1n) is 7.11. The van der Waals surface area contributed by atoms with Crippen molar-refractivity contribution in [1.29, 1.82) is 0 Å². The highest BCUT2D eigenvalue weighted by Gasteiger charge is 2.29. The maximum absolute atomic E-state index is 5.84. The van der Waals surface area contributed by atoms with Gasteiger partial charge in [-0.1, -0.05) is 6.07 Å². The molecule has 1 aromatic carbocycles.